The Balaban J connectivity index is 1.70. The van der Waals surface area contributed by atoms with Crippen molar-refractivity contribution in [1.29, 1.82) is 0 Å². The summed E-state index contributed by atoms with van der Waals surface area (Å²) < 4.78 is 26.8. The molecular formula is C21H20FN5O3. The van der Waals surface area contributed by atoms with Gasteiger partial charge in [-0.05, 0) is 43.3 Å². The molecule has 1 atom stereocenters. The van der Waals surface area contributed by atoms with Crippen LogP contribution in [-0.4, -0.2) is 38.1 Å². The molecule has 3 N–H and O–H groups in total. The van der Waals surface area contributed by atoms with Gasteiger partial charge in [0.25, 0.3) is 0 Å². The van der Waals surface area contributed by atoms with Crippen molar-refractivity contribution in [3.05, 3.63) is 66.4 Å². The van der Waals surface area contributed by atoms with E-state index in [1.54, 1.807) is 54.3 Å². The van der Waals surface area contributed by atoms with E-state index in [0.717, 1.165) is 0 Å². The number of pyridine rings is 2. The molecule has 3 heterocycles. The quantitative estimate of drug-likeness (QED) is 0.483. The maximum absolute atomic E-state index is 13.6. The van der Waals surface area contributed by atoms with Crippen LogP contribution in [0, 0.1) is 5.82 Å². The molecule has 0 saturated heterocycles. The van der Waals surface area contributed by atoms with E-state index >= 15 is 0 Å². The Morgan fingerprint density at radius 3 is 2.83 bits per heavy atom. The number of aliphatic hydroxyl groups excluding tert-OH is 1. The molecule has 0 aliphatic heterocycles. The van der Waals surface area contributed by atoms with E-state index in [9.17, 15) is 4.39 Å². The molecule has 0 unspecified atom stereocenters. The van der Waals surface area contributed by atoms with Crippen molar-refractivity contribution < 1.29 is 19.0 Å². The molecule has 4 aromatic rings. The molecule has 0 aliphatic rings. The summed E-state index contributed by atoms with van der Waals surface area (Å²) in [5.74, 6) is 0.478. The van der Waals surface area contributed by atoms with Crippen LogP contribution in [-0.2, 0) is 0 Å². The Morgan fingerprint density at radius 1 is 1.20 bits per heavy atom. The van der Waals surface area contributed by atoms with Gasteiger partial charge in [-0.15, -0.1) is 0 Å². The molecule has 0 saturated carbocycles. The zero-order chi connectivity index (χ0) is 21.1. The van der Waals surface area contributed by atoms with Crippen LogP contribution >= 0.6 is 0 Å². The number of nitrogens with zero attached hydrogens (tertiary/aromatic N) is 4. The smallest absolute Gasteiger partial charge is 0.213 e. The monoisotopic (exact) mass is 409 g/mol. The van der Waals surface area contributed by atoms with E-state index in [0.29, 0.717) is 33.9 Å². The number of nitrogens with two attached hydrogens (primary N) is 1. The minimum absolute atomic E-state index is 0.121. The first-order chi connectivity index (χ1) is 14.5. The fourth-order valence-electron chi connectivity index (χ4n) is 3.07. The molecule has 8 nitrogen and oxygen atoms in total. The van der Waals surface area contributed by atoms with Gasteiger partial charge in [0, 0.05) is 23.8 Å². The maximum atomic E-state index is 13.6. The molecule has 3 aromatic heterocycles. The second-order valence-electron chi connectivity index (χ2n) is 6.55. The molecule has 4 rings (SSSR count). The van der Waals surface area contributed by atoms with Gasteiger partial charge in [-0.2, -0.15) is 5.10 Å². The molecule has 1 aromatic carbocycles. The molecule has 154 valence electrons. The molecule has 9 heteroatoms. The largest absolute Gasteiger partial charge is 0.480 e. The average molecular weight is 409 g/mol. The highest BCUT2D eigenvalue weighted by atomic mass is 19.1. The molecule has 30 heavy (non-hydrogen) atoms. The summed E-state index contributed by atoms with van der Waals surface area (Å²) in [6.45, 7) is 1.80. The SMILES string of the molecule is C[C@H](Oc1cc2cc(F)ccc2nc1N)c1nc(OCCO)ccc1-n1cccn1. The third-order valence-electron chi connectivity index (χ3n) is 4.43. The topological polar surface area (TPSA) is 108 Å². The summed E-state index contributed by atoms with van der Waals surface area (Å²) in [5, 5.41) is 13.8. The number of fused-ring (bicyclic) bond motifs is 1. The number of halogens is 1. The van der Waals surface area contributed by atoms with Crippen LogP contribution in [0.5, 0.6) is 11.6 Å². The first kappa shape index (κ1) is 19.6. The Bertz CT molecular complexity index is 1170. The van der Waals surface area contributed by atoms with Crippen LogP contribution in [0.15, 0.2) is 54.9 Å². The minimum Gasteiger partial charge on any atom is -0.480 e. The van der Waals surface area contributed by atoms with E-state index in [2.05, 4.69) is 15.1 Å². The second-order valence-corrected chi connectivity index (χ2v) is 6.55. The Labute approximate surface area is 171 Å². The van der Waals surface area contributed by atoms with Gasteiger partial charge in [0.05, 0.1) is 17.8 Å². The number of ether oxygens (including phenoxy) is 2. The van der Waals surface area contributed by atoms with Gasteiger partial charge < -0.3 is 20.3 Å². The van der Waals surface area contributed by atoms with Gasteiger partial charge in [-0.3, -0.25) is 0 Å². The van der Waals surface area contributed by atoms with E-state index in [1.807, 2.05) is 0 Å². The first-order valence-corrected chi connectivity index (χ1v) is 9.32. The molecule has 0 bridgehead atoms. The highest BCUT2D eigenvalue weighted by molar-refractivity contribution is 5.82. The second kappa shape index (κ2) is 8.34. The summed E-state index contributed by atoms with van der Waals surface area (Å²) in [7, 11) is 0. The van der Waals surface area contributed by atoms with Gasteiger partial charge in [-0.1, -0.05) is 0 Å². The van der Waals surface area contributed by atoms with Crippen molar-refractivity contribution in [1.82, 2.24) is 19.7 Å². The van der Waals surface area contributed by atoms with Crippen LogP contribution in [0.2, 0.25) is 0 Å². The lowest BCUT2D eigenvalue weighted by atomic mass is 10.2. The normalized spacial score (nSPS) is 12.1. The van der Waals surface area contributed by atoms with E-state index in [1.165, 1.54) is 12.1 Å². The van der Waals surface area contributed by atoms with Gasteiger partial charge in [0.15, 0.2) is 11.6 Å². The highest BCUT2D eigenvalue weighted by Gasteiger charge is 2.19. The predicted molar refractivity (Wildman–Crippen MR) is 109 cm³/mol. The van der Waals surface area contributed by atoms with Gasteiger partial charge in [0.1, 0.15) is 24.2 Å². The summed E-state index contributed by atoms with van der Waals surface area (Å²) in [6.07, 6.45) is 2.89. The number of anilines is 1. The average Bonchev–Trinajstić information content (AvgIpc) is 3.27. The minimum atomic E-state index is -0.558. The number of hydrogen-bond donors (Lipinski definition) is 2. The number of nitrogen functional groups attached to an aromatic ring is 1. The summed E-state index contributed by atoms with van der Waals surface area (Å²) in [5.41, 5.74) is 7.88. The van der Waals surface area contributed by atoms with Gasteiger partial charge in [0.2, 0.25) is 5.88 Å². The predicted octanol–water partition coefficient (Wildman–Crippen LogP) is 3.05. The number of aliphatic hydroxyl groups is 1. The van der Waals surface area contributed by atoms with Crippen molar-refractivity contribution in [2.75, 3.05) is 18.9 Å². The fourth-order valence-corrected chi connectivity index (χ4v) is 3.07. The van der Waals surface area contributed by atoms with Crippen LogP contribution in [0.4, 0.5) is 10.2 Å². The molecular weight excluding hydrogens is 389 g/mol. The Morgan fingerprint density at radius 2 is 2.07 bits per heavy atom. The third kappa shape index (κ3) is 4.01. The Kier molecular flexibility index (Phi) is 5.44. The number of rotatable bonds is 7. The molecule has 0 radical (unpaired) electrons. The van der Waals surface area contributed by atoms with Crippen molar-refractivity contribution in [2.45, 2.75) is 13.0 Å². The molecule has 0 spiro atoms. The van der Waals surface area contributed by atoms with Crippen LogP contribution in [0.1, 0.15) is 18.7 Å². The standard InChI is InChI=1S/C21H20FN5O3/c1-13(30-18-12-14-11-15(22)3-4-16(14)25-21(18)23)20-17(27-8-2-7-24-27)5-6-19(26-20)29-10-9-28/h2-8,11-13,28H,9-10H2,1H3,(H2,23,25)/t13-/m0/s1. The third-order valence-corrected chi connectivity index (χ3v) is 4.43. The summed E-state index contributed by atoms with van der Waals surface area (Å²) in [6, 6.07) is 11.2. The molecule has 0 fully saturated rings. The van der Waals surface area contributed by atoms with E-state index < -0.39 is 6.10 Å². The molecule has 0 amide bonds. The van der Waals surface area contributed by atoms with Gasteiger partial charge in [-0.25, -0.2) is 19.0 Å². The lowest BCUT2D eigenvalue weighted by Crippen LogP contribution is -2.13. The van der Waals surface area contributed by atoms with Crippen LogP contribution in [0.25, 0.3) is 16.6 Å². The zero-order valence-corrected chi connectivity index (χ0v) is 16.2. The Hall–Kier alpha value is -3.72. The van der Waals surface area contributed by atoms with Gasteiger partial charge >= 0.3 is 0 Å². The van der Waals surface area contributed by atoms with E-state index in [4.69, 9.17) is 20.3 Å². The van der Waals surface area contributed by atoms with Crippen molar-refractivity contribution in [3.63, 3.8) is 0 Å². The van der Waals surface area contributed by atoms with Crippen molar-refractivity contribution >= 4 is 16.7 Å². The molecule has 0 aliphatic carbocycles. The summed E-state index contributed by atoms with van der Waals surface area (Å²) in [4.78, 5) is 8.82. The van der Waals surface area contributed by atoms with Crippen LogP contribution in [0.3, 0.4) is 0 Å². The number of hydrogen-bond acceptors (Lipinski definition) is 7. The fraction of sp³-hybridized carbons (Fsp3) is 0.190. The first-order valence-electron chi connectivity index (χ1n) is 9.32. The zero-order valence-electron chi connectivity index (χ0n) is 16.2. The van der Waals surface area contributed by atoms with Crippen molar-refractivity contribution in [2.24, 2.45) is 0 Å². The van der Waals surface area contributed by atoms with Crippen molar-refractivity contribution in [3.8, 4) is 17.3 Å². The highest BCUT2D eigenvalue weighted by Crippen LogP contribution is 2.31. The number of aromatic nitrogens is 4. The van der Waals surface area contributed by atoms with Crippen LogP contribution < -0.4 is 15.2 Å². The lowest BCUT2D eigenvalue weighted by Gasteiger charge is -2.19. The van der Waals surface area contributed by atoms with E-state index in [-0.39, 0.29) is 24.8 Å². The number of benzene rings is 1. The lowest BCUT2D eigenvalue weighted by molar-refractivity contribution is 0.192. The maximum Gasteiger partial charge on any atom is 0.213 e. The summed E-state index contributed by atoms with van der Waals surface area (Å²) >= 11 is 0.